The maximum atomic E-state index is 10.8. The summed E-state index contributed by atoms with van der Waals surface area (Å²) in [6.45, 7) is 10.7. The molecule has 0 saturated carbocycles. The summed E-state index contributed by atoms with van der Waals surface area (Å²) in [7, 11) is 0. The van der Waals surface area contributed by atoms with Gasteiger partial charge in [-0.15, -0.1) is 24.0 Å². The van der Waals surface area contributed by atoms with Crippen molar-refractivity contribution < 1.29 is 29.3 Å². The number of halogens is 1. The van der Waals surface area contributed by atoms with Crippen molar-refractivity contribution in [3.05, 3.63) is 6.92 Å². The third-order valence-electron chi connectivity index (χ3n) is 0.719. The van der Waals surface area contributed by atoms with Crippen molar-refractivity contribution >= 4 is 30.1 Å². The molecule has 0 bridgehead atoms. The molecule has 0 rings (SSSR count). The Morgan fingerprint density at radius 2 is 1.85 bits per heavy atom. The van der Waals surface area contributed by atoms with Crippen LogP contribution in [0.3, 0.4) is 0 Å². The van der Waals surface area contributed by atoms with Crippen LogP contribution in [0, 0.1) is 6.92 Å². The Labute approximate surface area is 110 Å². The minimum atomic E-state index is -0.542. The van der Waals surface area contributed by atoms with E-state index in [9.17, 15) is 5.11 Å². The first-order chi connectivity index (χ1) is 4.81. The Bertz CT molecular complexity index is 155. The van der Waals surface area contributed by atoms with Crippen LogP contribution in [0.15, 0.2) is 4.99 Å². The fourth-order valence-corrected chi connectivity index (χ4v) is 0.468. The predicted molar refractivity (Wildman–Crippen MR) is 58.5 cm³/mol. The monoisotopic (exact) mass is 349 g/mol. The summed E-state index contributed by atoms with van der Waals surface area (Å²) in [5.41, 5.74) is -0.463. The van der Waals surface area contributed by atoms with Gasteiger partial charge in [0, 0.05) is 31.1 Å². The molecule has 75 valence electrons. The first-order valence-electron chi connectivity index (χ1n) is 3.58. The first kappa shape index (κ1) is 19.2. The summed E-state index contributed by atoms with van der Waals surface area (Å²) in [4.78, 5) is 3.59. The zero-order valence-corrected chi connectivity index (χ0v) is 14.0. The predicted octanol–water partition coefficient (Wildman–Crippen LogP) is 1.36. The van der Waals surface area contributed by atoms with E-state index in [0.29, 0.717) is 0 Å². The van der Waals surface area contributed by atoms with Crippen LogP contribution < -0.4 is 5.11 Å². The Hall–Kier alpha value is 0.623. The van der Waals surface area contributed by atoms with Crippen molar-refractivity contribution in [1.82, 2.24) is 0 Å². The normalized spacial score (nSPS) is 11.7. The van der Waals surface area contributed by atoms with E-state index >= 15 is 0 Å². The Balaban J connectivity index is -0.000000500. The van der Waals surface area contributed by atoms with Gasteiger partial charge in [-0.05, 0) is 13.8 Å². The molecule has 13 heavy (non-hydrogen) atoms. The third-order valence-corrected chi connectivity index (χ3v) is 0.719. The Morgan fingerprint density at radius 1 is 1.46 bits per heavy atom. The fraction of sp³-hybridized carbons (Fsp3) is 0.750. The van der Waals surface area contributed by atoms with Crippen LogP contribution in [-0.2, 0) is 24.2 Å². The van der Waals surface area contributed by atoms with Gasteiger partial charge in [0.2, 0.25) is 0 Å². The van der Waals surface area contributed by atoms with E-state index in [0.717, 1.165) is 0 Å². The van der Waals surface area contributed by atoms with Crippen LogP contribution in [0.25, 0.3) is 0 Å². The maximum Gasteiger partial charge on any atom is 0.146 e. The van der Waals surface area contributed by atoms with Gasteiger partial charge < -0.3 is 9.84 Å². The van der Waals surface area contributed by atoms with Gasteiger partial charge in [0.1, 0.15) is 6.08 Å². The van der Waals surface area contributed by atoms with Gasteiger partial charge in [-0.3, -0.25) is 4.99 Å². The number of rotatable bonds is 1. The second kappa shape index (κ2) is 7.98. The van der Waals surface area contributed by atoms with E-state index in [4.69, 9.17) is 4.74 Å². The van der Waals surface area contributed by atoms with Crippen LogP contribution in [-0.4, -0.2) is 17.7 Å². The average Bonchev–Trinajstić information content (AvgIpc) is 1.53. The second-order valence-corrected chi connectivity index (χ2v) is 3.46. The zero-order chi connectivity index (χ0) is 9.07. The Morgan fingerprint density at radius 3 is 2.08 bits per heavy atom. The minimum absolute atomic E-state index is 0. The molecule has 0 aromatic carbocycles. The summed E-state index contributed by atoms with van der Waals surface area (Å²) < 4.78 is 4.90. The molecule has 0 amide bonds. The van der Waals surface area contributed by atoms with E-state index in [1.807, 2.05) is 0 Å². The summed E-state index contributed by atoms with van der Waals surface area (Å²) in [6, 6.07) is -0.246. The molecule has 0 spiro atoms. The maximum absolute atomic E-state index is 10.8. The van der Waals surface area contributed by atoms with Crippen molar-refractivity contribution in [3.63, 3.8) is 0 Å². The minimum Gasteiger partial charge on any atom is -0.595 e. The van der Waals surface area contributed by atoms with Crippen molar-refractivity contribution in [2.75, 3.05) is 0 Å². The van der Waals surface area contributed by atoms with Gasteiger partial charge in [0.05, 0.1) is 0 Å². The molecular weight excluding hydrogens is 334 g/mol. The summed E-state index contributed by atoms with van der Waals surface area (Å²) >= 11 is 0. The molecule has 0 aromatic heterocycles. The molecule has 5 heteroatoms. The van der Waals surface area contributed by atoms with Crippen molar-refractivity contribution in [2.45, 2.75) is 39.3 Å². The van der Waals surface area contributed by atoms with Crippen LogP contribution in [0.1, 0.15) is 27.7 Å². The van der Waals surface area contributed by atoms with E-state index in [1.165, 1.54) is 0 Å². The molecule has 0 fully saturated rings. The number of hydrogen-bond acceptors (Lipinski definition) is 3. The quantitative estimate of drug-likeness (QED) is 0.310. The third kappa shape index (κ3) is 15.4. The molecule has 0 saturated heterocycles. The molecule has 0 aliphatic heterocycles. The largest absolute Gasteiger partial charge is 0.595 e. The van der Waals surface area contributed by atoms with Gasteiger partial charge in [-0.1, -0.05) is 20.8 Å². The molecule has 1 radical (unpaired) electrons. The zero-order valence-electron chi connectivity index (χ0n) is 8.66. The molecule has 1 atom stereocenters. The van der Waals surface area contributed by atoms with Crippen molar-refractivity contribution in [3.8, 4) is 0 Å². The molecule has 0 heterocycles. The number of ether oxygens (including phenoxy) is 1. The van der Waals surface area contributed by atoms with E-state index in [-0.39, 0.29) is 49.5 Å². The van der Waals surface area contributed by atoms with Crippen molar-refractivity contribution in [2.24, 2.45) is 4.99 Å². The summed E-state index contributed by atoms with van der Waals surface area (Å²) in [5, 5.41) is 10.8. The Kier molecular flexibility index (Phi) is 11.8. The van der Waals surface area contributed by atoms with Crippen molar-refractivity contribution in [1.29, 1.82) is 0 Å². The summed E-state index contributed by atoms with van der Waals surface area (Å²) in [6.07, 6.45) is -0.542. The van der Waals surface area contributed by atoms with Gasteiger partial charge in [-0.2, -0.15) is 0 Å². The van der Waals surface area contributed by atoms with Crippen LogP contribution in [0.4, 0.5) is 0 Å². The molecule has 0 aromatic rings. The van der Waals surface area contributed by atoms with Crippen LogP contribution in [0.2, 0.25) is 0 Å². The van der Waals surface area contributed by atoms with E-state index < -0.39 is 11.7 Å². The SMILES string of the molecule is I.[CH2][C@H](C)N=C([O-])OC(C)(C)C.[Zn]. The van der Waals surface area contributed by atoms with Gasteiger partial charge in [0.25, 0.3) is 0 Å². The number of nitrogens with zero attached hydrogens (tertiary/aromatic N) is 1. The molecule has 0 aliphatic rings. The average molecular weight is 351 g/mol. The van der Waals surface area contributed by atoms with Crippen LogP contribution >= 0.6 is 24.0 Å². The molecule has 0 unspecified atom stereocenters. The van der Waals surface area contributed by atoms with E-state index in [1.54, 1.807) is 27.7 Å². The van der Waals surface area contributed by atoms with Crippen LogP contribution in [0.5, 0.6) is 0 Å². The number of hydrogen-bond donors (Lipinski definition) is 0. The van der Waals surface area contributed by atoms with E-state index in [2.05, 4.69) is 11.9 Å². The molecule has 0 aliphatic carbocycles. The first-order valence-corrected chi connectivity index (χ1v) is 3.58. The summed E-state index contributed by atoms with van der Waals surface area (Å²) in [5.74, 6) is 0. The fourth-order valence-electron chi connectivity index (χ4n) is 0.468. The van der Waals surface area contributed by atoms with Gasteiger partial charge in [0.15, 0.2) is 0 Å². The molecule has 0 N–H and O–H groups in total. The standard InChI is InChI=1S/C8H16NO2.HI.Zn/c1-6(2)9-7(10)11-8(3,4)5;;/h6H,1H2,2-5H3,(H,9,10);1H;/p-1/t6-;;/m1../s1. The molecular formula is C8H16INO2Zn-. The topological polar surface area (TPSA) is 44.7 Å². The second-order valence-electron chi connectivity index (χ2n) is 3.46. The molecule has 3 nitrogen and oxygen atoms in total. The number of aliphatic imine (C=N–C) groups is 1. The van der Waals surface area contributed by atoms with Gasteiger partial charge >= 0.3 is 0 Å². The smallest absolute Gasteiger partial charge is 0.146 e. The van der Waals surface area contributed by atoms with Gasteiger partial charge in [-0.25, -0.2) is 0 Å².